The van der Waals surface area contributed by atoms with Crippen LogP contribution in [-0.2, 0) is 15.2 Å². The lowest BCUT2D eigenvalue weighted by Crippen LogP contribution is -1.93. The van der Waals surface area contributed by atoms with Crippen molar-refractivity contribution in [1.82, 2.24) is 0 Å². The fourth-order valence-corrected chi connectivity index (χ4v) is 0.382. The highest BCUT2D eigenvalue weighted by atomic mass is 32.2. The van der Waals surface area contributed by atoms with Crippen molar-refractivity contribution in [3.8, 4) is 0 Å². The van der Waals surface area contributed by atoms with E-state index in [1.165, 1.54) is 0 Å². The van der Waals surface area contributed by atoms with Gasteiger partial charge in [-0.2, -0.15) is 0 Å². The molecule has 0 saturated carbocycles. The molecular weight excluding hydrogens is 132 g/mol. The molecule has 4 nitrogen and oxygen atoms in total. The van der Waals surface area contributed by atoms with E-state index in [0.29, 0.717) is 0 Å². The molecule has 0 amide bonds. The van der Waals surface area contributed by atoms with E-state index in [4.69, 9.17) is 5.11 Å². The van der Waals surface area contributed by atoms with Crippen molar-refractivity contribution in [2.24, 2.45) is 0 Å². The van der Waals surface area contributed by atoms with Gasteiger partial charge in [0, 0.05) is 0 Å². The minimum atomic E-state index is -2.85. The molecule has 0 heterocycles. The van der Waals surface area contributed by atoms with Gasteiger partial charge in [-0.15, -0.1) is 0 Å². The number of rotatable bonds is 3. The third-order valence-electron chi connectivity index (χ3n) is 0.337. The molecule has 0 aromatic carbocycles. The molecule has 0 rings (SSSR count). The van der Waals surface area contributed by atoms with Crippen molar-refractivity contribution in [2.75, 3.05) is 6.61 Å². The van der Waals surface area contributed by atoms with E-state index in [-0.39, 0.29) is 12.4 Å². The van der Waals surface area contributed by atoms with Crippen molar-refractivity contribution in [3.05, 3.63) is 12.3 Å². The number of thiol groups is 1. The summed E-state index contributed by atoms with van der Waals surface area (Å²) in [5.74, 6) is -0.302. The summed E-state index contributed by atoms with van der Waals surface area (Å²) >= 11 is 0. The Kier molecular flexibility index (Phi) is 3.21. The van der Waals surface area contributed by atoms with Gasteiger partial charge >= 0.3 is 0 Å². The van der Waals surface area contributed by atoms with E-state index < -0.39 is 11.0 Å². The van der Waals surface area contributed by atoms with Crippen LogP contribution in [0.15, 0.2) is 12.3 Å². The molecule has 0 fully saturated rings. The summed E-state index contributed by atoms with van der Waals surface area (Å²) in [6.45, 7) is 2.64. The van der Waals surface area contributed by atoms with Gasteiger partial charge in [-0.05, 0) is 0 Å². The Bertz CT molecular complexity index is 139. The number of aliphatic hydroxyl groups is 1. The Morgan fingerprint density at radius 3 is 2.38 bits per heavy atom. The molecule has 0 atom stereocenters. The Morgan fingerprint density at radius 2 is 2.25 bits per heavy atom. The third kappa shape index (κ3) is 5.45. The van der Waals surface area contributed by atoms with Crippen LogP contribution in [0.2, 0.25) is 0 Å². The van der Waals surface area contributed by atoms with Crippen molar-refractivity contribution in [2.45, 2.75) is 0 Å². The van der Waals surface area contributed by atoms with Crippen molar-refractivity contribution in [3.63, 3.8) is 0 Å². The van der Waals surface area contributed by atoms with Crippen molar-refractivity contribution in [1.29, 1.82) is 0 Å². The second-order valence-corrected chi connectivity index (χ2v) is 1.77. The topological polar surface area (TPSA) is 63.6 Å². The minimum Gasteiger partial charge on any atom is -0.510 e. The molecule has 0 unspecified atom stereocenters. The average molecular weight is 138 g/mol. The lowest BCUT2D eigenvalue weighted by molar-refractivity contribution is 0.283. The Morgan fingerprint density at radius 1 is 1.75 bits per heavy atom. The first-order valence-corrected chi connectivity index (χ1v) is 2.86. The van der Waals surface area contributed by atoms with Gasteiger partial charge in [0.1, 0.15) is 12.4 Å². The summed E-state index contributed by atoms with van der Waals surface area (Å²) in [6.07, 6.45) is 0. The van der Waals surface area contributed by atoms with Crippen LogP contribution in [0.4, 0.5) is 0 Å². The zero-order chi connectivity index (χ0) is 6.57. The van der Waals surface area contributed by atoms with Crippen LogP contribution in [0.3, 0.4) is 0 Å². The van der Waals surface area contributed by atoms with Crippen LogP contribution in [0.1, 0.15) is 0 Å². The normalized spacial score (nSPS) is 9.62. The van der Waals surface area contributed by atoms with Crippen LogP contribution in [-0.4, -0.2) is 20.1 Å². The number of hydrogen-bond acceptors (Lipinski definition) is 4. The van der Waals surface area contributed by atoms with Gasteiger partial charge in [0.05, 0.1) is 0 Å². The lowest BCUT2D eigenvalue weighted by atomic mass is 10.6. The van der Waals surface area contributed by atoms with Gasteiger partial charge in [-0.25, -0.2) is 8.42 Å². The predicted molar refractivity (Wildman–Crippen MR) is 28.0 cm³/mol. The lowest BCUT2D eigenvalue weighted by Gasteiger charge is -1.89. The molecule has 48 valence electrons. The van der Waals surface area contributed by atoms with Crippen LogP contribution >= 0.6 is 0 Å². The van der Waals surface area contributed by atoms with Crippen LogP contribution in [0.25, 0.3) is 0 Å². The molecule has 0 radical (unpaired) electrons. The van der Waals surface area contributed by atoms with E-state index in [0.717, 1.165) is 0 Å². The van der Waals surface area contributed by atoms with Gasteiger partial charge in [0.2, 0.25) is 0 Å². The molecule has 0 aliphatic carbocycles. The molecule has 0 aliphatic heterocycles. The standard InChI is InChI=1S/C3H6O4S/c1-3(4)2-7-8(5)6/h4,8H,1-2H2. The number of aliphatic hydroxyl groups excluding tert-OH is 1. The van der Waals surface area contributed by atoms with Gasteiger partial charge in [-0.1, -0.05) is 6.58 Å². The molecule has 0 saturated heterocycles. The summed E-state index contributed by atoms with van der Waals surface area (Å²) in [5.41, 5.74) is 0. The van der Waals surface area contributed by atoms with E-state index in [9.17, 15) is 8.42 Å². The first kappa shape index (κ1) is 7.45. The second-order valence-electron chi connectivity index (χ2n) is 1.06. The Hall–Kier alpha value is -0.550. The highest BCUT2D eigenvalue weighted by Gasteiger charge is 1.87. The maximum Gasteiger partial charge on any atom is 0.257 e. The molecule has 0 spiro atoms. The van der Waals surface area contributed by atoms with Crippen LogP contribution in [0, 0.1) is 0 Å². The molecule has 8 heavy (non-hydrogen) atoms. The van der Waals surface area contributed by atoms with Gasteiger partial charge in [0.15, 0.2) is 0 Å². The second kappa shape index (κ2) is 3.45. The third-order valence-corrected chi connectivity index (χ3v) is 0.676. The van der Waals surface area contributed by atoms with Gasteiger partial charge in [-0.3, -0.25) is 4.18 Å². The predicted octanol–water partition coefficient (Wildman–Crippen LogP) is -0.399. The minimum absolute atomic E-state index is 0.302. The molecule has 0 aromatic rings. The summed E-state index contributed by atoms with van der Waals surface area (Å²) in [6, 6.07) is 0. The quantitative estimate of drug-likeness (QED) is 0.411. The highest BCUT2D eigenvalue weighted by Crippen LogP contribution is 1.82. The zero-order valence-electron chi connectivity index (χ0n) is 4.03. The maximum absolute atomic E-state index is 9.57. The fraction of sp³-hybridized carbons (Fsp3) is 0.333. The monoisotopic (exact) mass is 138 g/mol. The van der Waals surface area contributed by atoms with Crippen molar-refractivity contribution >= 4 is 11.0 Å². The Balaban J connectivity index is 3.32. The number of hydrogen-bond donors (Lipinski definition) is 2. The van der Waals surface area contributed by atoms with E-state index in [1.807, 2.05) is 0 Å². The molecule has 0 aromatic heterocycles. The smallest absolute Gasteiger partial charge is 0.257 e. The molecule has 1 N–H and O–H groups in total. The molecule has 0 aliphatic rings. The summed E-state index contributed by atoms with van der Waals surface area (Å²) in [5, 5.41) is 8.21. The summed E-state index contributed by atoms with van der Waals surface area (Å²) in [4.78, 5) is 0. The Labute approximate surface area is 48.6 Å². The summed E-state index contributed by atoms with van der Waals surface area (Å²) in [7, 11) is -2.85. The average Bonchev–Trinajstić information content (AvgIpc) is 1.61. The fourth-order valence-electron chi connectivity index (χ4n) is 0.127. The maximum atomic E-state index is 9.57. The van der Waals surface area contributed by atoms with Crippen LogP contribution < -0.4 is 0 Å². The van der Waals surface area contributed by atoms with E-state index in [1.54, 1.807) is 0 Å². The first-order valence-electron chi connectivity index (χ1n) is 1.77. The molecule has 5 heteroatoms. The van der Waals surface area contributed by atoms with Crippen LogP contribution in [0.5, 0.6) is 0 Å². The van der Waals surface area contributed by atoms with E-state index >= 15 is 0 Å². The van der Waals surface area contributed by atoms with Gasteiger partial charge < -0.3 is 5.11 Å². The zero-order valence-corrected chi connectivity index (χ0v) is 4.93. The van der Waals surface area contributed by atoms with Crippen molar-refractivity contribution < 1.29 is 17.7 Å². The first-order chi connectivity index (χ1) is 3.63. The molecular formula is C3H6O4S. The molecule has 0 bridgehead atoms. The SMILES string of the molecule is C=C(O)CO[SH](=O)=O. The highest BCUT2D eigenvalue weighted by molar-refractivity contribution is 7.67. The summed E-state index contributed by atoms with van der Waals surface area (Å²) < 4.78 is 23.0. The van der Waals surface area contributed by atoms with Gasteiger partial charge in [0.25, 0.3) is 11.0 Å². The van der Waals surface area contributed by atoms with E-state index in [2.05, 4.69) is 10.8 Å². The largest absolute Gasteiger partial charge is 0.510 e.